The molecule has 2 saturated heterocycles. The Kier molecular flexibility index (Phi) is 12.7. The molecular formula is C39H49N9O8. The number of carbonyl (C=O) groups is 6. The van der Waals surface area contributed by atoms with Gasteiger partial charge in [0.15, 0.2) is 0 Å². The lowest BCUT2D eigenvalue weighted by Crippen LogP contribution is -2.54. The Labute approximate surface area is 324 Å². The van der Waals surface area contributed by atoms with Gasteiger partial charge in [0.05, 0.1) is 28.4 Å². The number of pyridine rings is 1. The van der Waals surface area contributed by atoms with Gasteiger partial charge in [0.2, 0.25) is 23.6 Å². The number of carbonyl (C=O) groups excluding carboxylic acids is 4. The Hall–Kier alpha value is -6.39. The maximum absolute atomic E-state index is 13.3. The molecule has 56 heavy (non-hydrogen) atoms. The van der Waals surface area contributed by atoms with Gasteiger partial charge in [0, 0.05) is 30.4 Å². The van der Waals surface area contributed by atoms with Crippen LogP contribution in [-0.2, 0) is 19.2 Å². The highest BCUT2D eigenvalue weighted by Crippen LogP contribution is 2.31. The number of rotatable bonds is 12. The lowest BCUT2D eigenvalue weighted by molar-refractivity contribution is -0.139. The number of nitrogens with zero attached hydrogens (tertiary/aromatic N) is 3. The summed E-state index contributed by atoms with van der Waals surface area (Å²) in [7, 11) is 0. The maximum Gasteiger partial charge on any atom is 0.405 e. The molecule has 0 aliphatic carbocycles. The number of anilines is 4. The number of amides is 6. The summed E-state index contributed by atoms with van der Waals surface area (Å²) < 4.78 is 0. The molecule has 3 heterocycles. The van der Waals surface area contributed by atoms with Gasteiger partial charge in [-0.3, -0.25) is 24.2 Å². The van der Waals surface area contributed by atoms with E-state index >= 15 is 0 Å². The smallest absolute Gasteiger partial charge is 0.405 e. The predicted octanol–water partition coefficient (Wildman–Crippen LogP) is 4.02. The first-order valence-electron chi connectivity index (χ1n) is 18.5. The van der Waals surface area contributed by atoms with Crippen molar-refractivity contribution in [2.45, 2.75) is 77.5 Å². The molecule has 298 valence electrons. The minimum Gasteiger partial charge on any atom is -0.465 e. The van der Waals surface area contributed by atoms with Gasteiger partial charge < -0.3 is 52.7 Å². The van der Waals surface area contributed by atoms with Crippen LogP contribution in [0.25, 0.3) is 22.4 Å². The van der Waals surface area contributed by atoms with Crippen molar-refractivity contribution < 1.29 is 39.0 Å². The fraction of sp³-hybridized carbons (Fsp3) is 0.410. The van der Waals surface area contributed by atoms with E-state index in [4.69, 9.17) is 11.5 Å². The summed E-state index contributed by atoms with van der Waals surface area (Å²) in [6, 6.07) is 10.4. The molecule has 17 heteroatoms. The van der Waals surface area contributed by atoms with E-state index < -0.39 is 60.0 Å². The van der Waals surface area contributed by atoms with Gasteiger partial charge >= 0.3 is 12.2 Å². The Balaban J connectivity index is 1.22. The van der Waals surface area contributed by atoms with E-state index in [1.54, 1.807) is 70.3 Å². The Morgan fingerprint density at radius 2 is 1.09 bits per heavy atom. The molecule has 0 bridgehead atoms. The summed E-state index contributed by atoms with van der Waals surface area (Å²) in [6.45, 7) is 7.61. The van der Waals surface area contributed by atoms with Gasteiger partial charge in [-0.05, 0) is 73.4 Å². The van der Waals surface area contributed by atoms with E-state index in [1.807, 2.05) is 12.1 Å². The number of hydrogen-bond donors (Lipinski definition) is 8. The van der Waals surface area contributed by atoms with Gasteiger partial charge in [-0.2, -0.15) is 0 Å². The predicted molar refractivity (Wildman–Crippen MR) is 210 cm³/mol. The van der Waals surface area contributed by atoms with E-state index in [-0.39, 0.29) is 17.5 Å². The minimum absolute atomic E-state index is 0.289. The standard InChI is InChI=1S/C39H49N9O8/c1-20(2)32(45-38(53)54)36(51)47-15-5-7-30(47)34(49)43-28-13-9-22(17-25(28)40)24-11-12-27(42-19-24)23-10-14-29(26(41)18-23)44-35(50)31-8-6-16-48(31)37(52)33(21(3)4)46-39(55)56/h9-14,17-21,30-33,45-46H,5-8,15-16,40-41H2,1-4H3,(H,43,49)(H,44,50)(H,53,54)(H,55,56)/t30-,31-,32-,33-/m0/s1. The SMILES string of the molecule is CC(C)[C@H](NC(=O)O)C(=O)N1CCC[C@H]1C(=O)Nc1ccc(-c2ccc(-c3ccc(NC(=O)[C@@H]4CCCN4C(=O)[C@@H](NC(=O)O)C(C)C)c(N)c3)nc2)cc1N. The van der Waals surface area contributed by atoms with Crippen molar-refractivity contribution >= 4 is 58.6 Å². The zero-order valence-corrected chi connectivity index (χ0v) is 31.7. The molecule has 0 spiro atoms. The molecular weight excluding hydrogens is 722 g/mol. The number of likely N-dealkylation sites (tertiary alicyclic amines) is 2. The molecule has 2 aliphatic rings. The molecule has 4 atom stereocenters. The molecule has 10 N–H and O–H groups in total. The van der Waals surface area contributed by atoms with E-state index in [2.05, 4.69) is 26.3 Å². The third-order valence-corrected chi connectivity index (χ3v) is 10.1. The second kappa shape index (κ2) is 17.4. The number of nitrogens with two attached hydrogens (primary N) is 2. The zero-order valence-electron chi connectivity index (χ0n) is 31.7. The van der Waals surface area contributed by atoms with Crippen LogP contribution in [0.15, 0.2) is 54.7 Å². The number of benzene rings is 2. The van der Waals surface area contributed by atoms with Gasteiger partial charge in [-0.25, -0.2) is 9.59 Å². The third-order valence-electron chi connectivity index (χ3n) is 10.1. The third kappa shape index (κ3) is 9.27. The lowest BCUT2D eigenvalue weighted by atomic mass is 10.0. The zero-order chi connectivity index (χ0) is 40.8. The highest BCUT2D eigenvalue weighted by atomic mass is 16.4. The van der Waals surface area contributed by atoms with Crippen molar-refractivity contribution in [1.82, 2.24) is 25.4 Å². The Morgan fingerprint density at radius 1 is 0.661 bits per heavy atom. The van der Waals surface area contributed by atoms with E-state index in [9.17, 15) is 39.0 Å². The van der Waals surface area contributed by atoms with Gasteiger partial charge in [0.1, 0.15) is 24.2 Å². The number of carboxylic acid groups (broad SMARTS) is 2. The summed E-state index contributed by atoms with van der Waals surface area (Å²) in [5.74, 6) is -2.33. The average molecular weight is 772 g/mol. The second-order valence-corrected chi connectivity index (χ2v) is 14.7. The molecule has 0 saturated carbocycles. The van der Waals surface area contributed by atoms with Crippen LogP contribution in [-0.4, -0.2) is 98.1 Å². The van der Waals surface area contributed by atoms with E-state index in [1.165, 1.54) is 9.80 Å². The highest BCUT2D eigenvalue weighted by molar-refractivity contribution is 6.02. The molecule has 5 rings (SSSR count). The number of hydrogen-bond acceptors (Lipinski definition) is 9. The number of nitrogen functional groups attached to an aromatic ring is 2. The molecule has 2 fully saturated rings. The molecule has 0 unspecified atom stereocenters. The first-order valence-corrected chi connectivity index (χ1v) is 18.5. The fourth-order valence-electron chi connectivity index (χ4n) is 7.12. The minimum atomic E-state index is -1.31. The monoisotopic (exact) mass is 771 g/mol. The average Bonchev–Trinajstić information content (AvgIpc) is 3.85. The first kappa shape index (κ1) is 40.8. The topological polar surface area (TPSA) is 262 Å². The largest absolute Gasteiger partial charge is 0.465 e. The normalized spacial score (nSPS) is 17.7. The molecule has 3 aromatic rings. The summed E-state index contributed by atoms with van der Waals surface area (Å²) in [4.78, 5) is 83.1. The van der Waals surface area contributed by atoms with Gasteiger partial charge in [-0.15, -0.1) is 0 Å². The molecule has 1 aromatic heterocycles. The number of aromatic nitrogens is 1. The van der Waals surface area contributed by atoms with Crippen molar-refractivity contribution in [1.29, 1.82) is 0 Å². The molecule has 2 aromatic carbocycles. The summed E-state index contributed by atoms with van der Waals surface area (Å²) in [5.41, 5.74) is 16.8. The highest BCUT2D eigenvalue weighted by Gasteiger charge is 2.40. The van der Waals surface area contributed by atoms with Crippen molar-refractivity contribution in [2.75, 3.05) is 35.2 Å². The lowest BCUT2D eigenvalue weighted by Gasteiger charge is -2.30. The van der Waals surface area contributed by atoms with Crippen molar-refractivity contribution in [3.05, 3.63) is 54.7 Å². The van der Waals surface area contributed by atoms with Crippen LogP contribution in [0.5, 0.6) is 0 Å². The van der Waals surface area contributed by atoms with Crippen LogP contribution in [0.4, 0.5) is 32.3 Å². The van der Waals surface area contributed by atoms with Crippen LogP contribution >= 0.6 is 0 Å². The summed E-state index contributed by atoms with van der Waals surface area (Å²) >= 11 is 0. The summed E-state index contributed by atoms with van der Waals surface area (Å²) in [5, 5.41) is 28.6. The van der Waals surface area contributed by atoms with Gasteiger partial charge in [-0.1, -0.05) is 45.9 Å². The van der Waals surface area contributed by atoms with Gasteiger partial charge in [0.25, 0.3) is 0 Å². The fourth-order valence-corrected chi connectivity index (χ4v) is 7.12. The van der Waals surface area contributed by atoms with Crippen LogP contribution in [0.2, 0.25) is 0 Å². The number of nitrogens with one attached hydrogen (secondary N) is 4. The van der Waals surface area contributed by atoms with Crippen molar-refractivity contribution in [3.63, 3.8) is 0 Å². The Bertz CT molecular complexity index is 1850. The van der Waals surface area contributed by atoms with Crippen molar-refractivity contribution in [3.8, 4) is 22.4 Å². The molecule has 2 aliphatic heterocycles. The summed E-state index contributed by atoms with van der Waals surface area (Å²) in [6.07, 6.45) is 1.12. The van der Waals surface area contributed by atoms with Crippen LogP contribution in [0.1, 0.15) is 53.4 Å². The molecule has 17 nitrogen and oxygen atoms in total. The molecule has 6 amide bonds. The van der Waals surface area contributed by atoms with E-state index in [0.717, 1.165) is 11.1 Å². The van der Waals surface area contributed by atoms with Crippen LogP contribution < -0.4 is 32.7 Å². The van der Waals surface area contributed by atoms with Crippen molar-refractivity contribution in [2.24, 2.45) is 11.8 Å². The Morgan fingerprint density at radius 3 is 1.48 bits per heavy atom. The van der Waals surface area contributed by atoms with Crippen LogP contribution in [0, 0.1) is 11.8 Å². The van der Waals surface area contributed by atoms with Crippen LogP contribution in [0.3, 0.4) is 0 Å². The quantitative estimate of drug-likeness (QED) is 0.122. The second-order valence-electron chi connectivity index (χ2n) is 14.7. The van der Waals surface area contributed by atoms with E-state index in [0.29, 0.717) is 67.1 Å². The molecule has 0 radical (unpaired) electrons. The first-order chi connectivity index (χ1) is 26.5. The maximum atomic E-state index is 13.3.